The van der Waals surface area contributed by atoms with Crippen molar-refractivity contribution in [3.63, 3.8) is 0 Å². The van der Waals surface area contributed by atoms with Gasteiger partial charge in [-0.2, -0.15) is 0 Å². The first-order valence-electron chi connectivity index (χ1n) is 3.25. The summed E-state index contributed by atoms with van der Waals surface area (Å²) in [5.41, 5.74) is 6.13. The molecule has 0 unspecified atom stereocenters. The molecule has 1 heterocycles. The van der Waals surface area contributed by atoms with Gasteiger partial charge in [-0.1, -0.05) is 0 Å². The van der Waals surface area contributed by atoms with Gasteiger partial charge in [0.05, 0.1) is 0 Å². The van der Waals surface area contributed by atoms with Crippen LogP contribution in [0.2, 0.25) is 0 Å². The second kappa shape index (κ2) is 3.08. The highest BCUT2D eigenvalue weighted by Crippen LogP contribution is 2.02. The summed E-state index contributed by atoms with van der Waals surface area (Å²) in [6.07, 6.45) is 0. The van der Waals surface area contributed by atoms with Crippen molar-refractivity contribution in [1.82, 2.24) is 9.97 Å². The number of aromatic nitrogens is 2. The Morgan fingerprint density at radius 3 is 2.83 bits per heavy atom. The van der Waals surface area contributed by atoms with Crippen molar-refractivity contribution in [3.05, 3.63) is 17.5 Å². The van der Waals surface area contributed by atoms with Gasteiger partial charge in [0.15, 0.2) is 0 Å². The molecule has 0 fully saturated rings. The lowest BCUT2D eigenvalue weighted by Crippen LogP contribution is -2.04. The van der Waals surface area contributed by atoms with Crippen LogP contribution in [0.3, 0.4) is 0 Å². The highest BCUT2D eigenvalue weighted by molar-refractivity contribution is 5.95. The molecule has 2 N–H and O–H groups in total. The van der Waals surface area contributed by atoms with Crippen LogP contribution in [0.25, 0.3) is 0 Å². The number of amides is 1. The number of anilines is 1. The van der Waals surface area contributed by atoms with E-state index in [4.69, 9.17) is 5.73 Å². The van der Waals surface area contributed by atoms with Crippen LogP contribution in [0.5, 0.6) is 0 Å². The van der Waals surface area contributed by atoms with Crippen LogP contribution >= 0.6 is 0 Å². The SMILES string of the molecule is C=NC(=O)c1cc(C)nc(N)n1. The molecule has 0 spiro atoms. The molecule has 0 aromatic carbocycles. The first-order valence-corrected chi connectivity index (χ1v) is 3.25. The quantitative estimate of drug-likeness (QED) is 0.601. The zero-order valence-electron chi connectivity index (χ0n) is 6.61. The van der Waals surface area contributed by atoms with Crippen molar-refractivity contribution in [1.29, 1.82) is 0 Å². The Morgan fingerprint density at radius 2 is 2.33 bits per heavy atom. The number of nitrogens with two attached hydrogens (primary N) is 1. The molecule has 0 radical (unpaired) electrons. The molecule has 0 atom stereocenters. The van der Waals surface area contributed by atoms with Crippen LogP contribution in [-0.2, 0) is 0 Å². The van der Waals surface area contributed by atoms with Gasteiger partial charge in [0, 0.05) is 5.69 Å². The van der Waals surface area contributed by atoms with Crippen LogP contribution in [-0.4, -0.2) is 22.6 Å². The first kappa shape index (κ1) is 8.32. The minimum atomic E-state index is -0.493. The molecular formula is C7H8N4O. The number of nitrogens with zero attached hydrogens (tertiary/aromatic N) is 3. The van der Waals surface area contributed by atoms with E-state index in [-0.39, 0.29) is 11.6 Å². The predicted molar refractivity (Wildman–Crippen MR) is 45.1 cm³/mol. The van der Waals surface area contributed by atoms with E-state index in [0.29, 0.717) is 5.69 Å². The average Bonchev–Trinajstić information content (AvgIpc) is 2.01. The second-order valence-electron chi connectivity index (χ2n) is 2.22. The van der Waals surface area contributed by atoms with Gasteiger partial charge in [-0.3, -0.25) is 4.79 Å². The highest BCUT2D eigenvalue weighted by atomic mass is 16.1. The van der Waals surface area contributed by atoms with Crippen LogP contribution in [0.15, 0.2) is 11.1 Å². The van der Waals surface area contributed by atoms with Crippen molar-refractivity contribution < 1.29 is 4.79 Å². The lowest BCUT2D eigenvalue weighted by Gasteiger charge is -1.97. The van der Waals surface area contributed by atoms with E-state index in [1.54, 1.807) is 6.92 Å². The minimum absolute atomic E-state index is 0.0713. The van der Waals surface area contributed by atoms with E-state index in [1.807, 2.05) is 0 Å². The zero-order valence-corrected chi connectivity index (χ0v) is 6.61. The zero-order chi connectivity index (χ0) is 9.14. The molecule has 5 nitrogen and oxygen atoms in total. The van der Waals surface area contributed by atoms with Crippen LogP contribution < -0.4 is 5.73 Å². The fourth-order valence-corrected chi connectivity index (χ4v) is 0.782. The van der Waals surface area contributed by atoms with Crippen LogP contribution in [0.4, 0.5) is 5.95 Å². The molecule has 62 valence electrons. The summed E-state index contributed by atoms with van der Waals surface area (Å²) in [6.45, 7) is 4.82. The van der Waals surface area contributed by atoms with Gasteiger partial charge >= 0.3 is 0 Å². The fourth-order valence-electron chi connectivity index (χ4n) is 0.782. The Hall–Kier alpha value is -1.78. The van der Waals surface area contributed by atoms with Crippen molar-refractivity contribution in [2.45, 2.75) is 6.92 Å². The average molecular weight is 164 g/mol. The second-order valence-corrected chi connectivity index (χ2v) is 2.22. The predicted octanol–water partition coefficient (Wildman–Crippen LogP) is 0.208. The largest absolute Gasteiger partial charge is 0.368 e. The molecule has 0 aliphatic heterocycles. The minimum Gasteiger partial charge on any atom is -0.368 e. The molecular weight excluding hydrogens is 156 g/mol. The van der Waals surface area contributed by atoms with E-state index in [0.717, 1.165) is 0 Å². The van der Waals surface area contributed by atoms with Crippen molar-refractivity contribution >= 4 is 18.6 Å². The molecule has 1 aromatic rings. The maximum atomic E-state index is 10.9. The van der Waals surface area contributed by atoms with Crippen LogP contribution in [0.1, 0.15) is 16.2 Å². The molecule has 1 amide bonds. The van der Waals surface area contributed by atoms with Gasteiger partial charge in [0.1, 0.15) is 5.69 Å². The molecule has 0 bridgehead atoms. The number of carbonyl (C=O) groups is 1. The lowest BCUT2D eigenvalue weighted by atomic mass is 10.3. The number of hydrogen-bond donors (Lipinski definition) is 1. The molecule has 5 heteroatoms. The Morgan fingerprint density at radius 1 is 1.67 bits per heavy atom. The van der Waals surface area contributed by atoms with Gasteiger partial charge < -0.3 is 5.73 Å². The molecule has 0 saturated carbocycles. The summed E-state index contributed by atoms with van der Waals surface area (Å²) >= 11 is 0. The van der Waals surface area contributed by atoms with E-state index in [9.17, 15) is 4.79 Å². The van der Waals surface area contributed by atoms with Gasteiger partial charge in [-0.25, -0.2) is 15.0 Å². The maximum Gasteiger partial charge on any atom is 0.295 e. The number of hydrogen-bond acceptors (Lipinski definition) is 4. The van der Waals surface area contributed by atoms with Crippen LogP contribution in [0, 0.1) is 6.92 Å². The molecule has 12 heavy (non-hydrogen) atoms. The third-order valence-corrected chi connectivity index (χ3v) is 1.23. The van der Waals surface area contributed by atoms with Gasteiger partial charge in [-0.05, 0) is 19.7 Å². The Kier molecular flexibility index (Phi) is 2.14. The summed E-state index contributed by atoms with van der Waals surface area (Å²) in [4.78, 5) is 21.6. The third kappa shape index (κ3) is 1.63. The topological polar surface area (TPSA) is 81.2 Å². The molecule has 0 aliphatic rings. The molecule has 1 aromatic heterocycles. The number of aryl methyl sites for hydroxylation is 1. The van der Waals surface area contributed by atoms with Crippen molar-refractivity contribution in [2.75, 3.05) is 5.73 Å². The first-order chi connectivity index (χ1) is 5.63. The summed E-state index contributed by atoms with van der Waals surface area (Å²) in [6, 6.07) is 1.51. The van der Waals surface area contributed by atoms with Crippen molar-refractivity contribution in [2.24, 2.45) is 4.99 Å². The fraction of sp³-hybridized carbons (Fsp3) is 0.143. The standard InChI is InChI=1S/C7H8N4O/c1-4-3-5(6(12)9-2)11-7(8)10-4/h3H,2H2,1H3,(H2,8,10,11). The van der Waals surface area contributed by atoms with Gasteiger partial charge in [-0.15, -0.1) is 0 Å². The number of aliphatic imine (C=N–C) groups is 1. The van der Waals surface area contributed by atoms with Gasteiger partial charge in [0.25, 0.3) is 5.91 Å². The summed E-state index contributed by atoms with van der Waals surface area (Å²) in [7, 11) is 0. The van der Waals surface area contributed by atoms with Gasteiger partial charge in [0.2, 0.25) is 5.95 Å². The Bertz CT molecular complexity index is 314. The monoisotopic (exact) mass is 164 g/mol. The summed E-state index contributed by atoms with van der Waals surface area (Å²) in [5.74, 6) is -0.422. The molecule has 1 rings (SSSR count). The number of carbonyl (C=O) groups excluding carboxylic acids is 1. The Balaban J connectivity index is 3.17. The van der Waals surface area contributed by atoms with E-state index < -0.39 is 5.91 Å². The smallest absolute Gasteiger partial charge is 0.295 e. The van der Waals surface area contributed by atoms with E-state index in [1.165, 1.54) is 6.07 Å². The number of nitrogen functional groups attached to an aromatic ring is 1. The summed E-state index contributed by atoms with van der Waals surface area (Å²) < 4.78 is 0. The highest BCUT2D eigenvalue weighted by Gasteiger charge is 2.05. The summed E-state index contributed by atoms with van der Waals surface area (Å²) in [5, 5.41) is 0. The lowest BCUT2D eigenvalue weighted by molar-refractivity contribution is 0.0999. The van der Waals surface area contributed by atoms with E-state index >= 15 is 0 Å². The molecule has 0 aliphatic carbocycles. The normalized spacial score (nSPS) is 9.42. The maximum absolute atomic E-state index is 10.9. The van der Waals surface area contributed by atoms with E-state index in [2.05, 4.69) is 21.7 Å². The number of rotatable bonds is 1. The third-order valence-electron chi connectivity index (χ3n) is 1.23. The van der Waals surface area contributed by atoms with Crippen molar-refractivity contribution in [3.8, 4) is 0 Å². The Labute approximate surface area is 69.4 Å². The molecule has 0 saturated heterocycles.